The highest BCUT2D eigenvalue weighted by molar-refractivity contribution is 7.99. The van der Waals surface area contributed by atoms with E-state index in [1.54, 1.807) is 17.5 Å². The molecule has 48 heavy (non-hydrogen) atoms. The zero-order valence-electron chi connectivity index (χ0n) is 28.0. The van der Waals surface area contributed by atoms with Gasteiger partial charge < -0.3 is 9.36 Å². The van der Waals surface area contributed by atoms with Crippen LogP contribution in [0.25, 0.3) is 28.1 Å². The number of hydrogen-bond acceptors (Lipinski definition) is 4. The Balaban J connectivity index is 0.00000255. The van der Waals surface area contributed by atoms with Crippen molar-refractivity contribution < 1.29 is 17.8 Å². The van der Waals surface area contributed by atoms with Crippen LogP contribution in [0.4, 0.5) is 14.5 Å². The summed E-state index contributed by atoms with van der Waals surface area (Å²) in [4.78, 5) is 14.1. The molecule has 252 valence electrons. The summed E-state index contributed by atoms with van der Waals surface area (Å²) in [5, 5.41) is 0. The van der Waals surface area contributed by atoms with E-state index in [0.29, 0.717) is 29.9 Å². The lowest BCUT2D eigenvalue weighted by molar-refractivity contribution is -0.0980. The Labute approximate surface area is 289 Å². The highest BCUT2D eigenvalue weighted by Crippen LogP contribution is 2.31. The average Bonchev–Trinajstić information content (AvgIpc) is 3.49. The van der Waals surface area contributed by atoms with E-state index in [2.05, 4.69) is 74.0 Å². The zero-order chi connectivity index (χ0) is 34.8. The van der Waals surface area contributed by atoms with Crippen LogP contribution in [0, 0.1) is 17.0 Å². The van der Waals surface area contributed by atoms with Crippen LogP contribution in [0.15, 0.2) is 102 Å². The molecule has 0 aliphatic heterocycles. The molecule has 4 aromatic carbocycles. The molecule has 0 bridgehead atoms. The number of thioether (sulfide) groups is 1. The van der Waals surface area contributed by atoms with Crippen molar-refractivity contribution in [3.8, 4) is 28.1 Å². The Morgan fingerprint density at radius 2 is 1.67 bits per heavy atom. The molecular weight excluding hydrogens is 647 g/mol. The molecule has 1 N–H and O–H groups in total. The minimum Gasteiger partial charge on any atom is -0.307 e. The Kier molecular flexibility index (Phi) is 12.9. The van der Waals surface area contributed by atoms with Crippen molar-refractivity contribution >= 4 is 35.4 Å². The maximum atomic E-state index is 14.9. The van der Waals surface area contributed by atoms with Crippen molar-refractivity contribution in [2.24, 2.45) is 5.41 Å². The molecule has 1 aromatic heterocycles. The summed E-state index contributed by atoms with van der Waals surface area (Å²) in [5.41, 5.74) is 5.83. The van der Waals surface area contributed by atoms with Crippen LogP contribution < -0.4 is 9.03 Å². The highest BCUT2D eigenvalue weighted by Gasteiger charge is 2.18. The molecule has 0 spiro atoms. The normalized spacial score (nSPS) is 11.9. The monoisotopic (exact) mass is 688 g/mol. The van der Waals surface area contributed by atoms with E-state index < -0.39 is 22.8 Å². The minimum atomic E-state index is -1.40. The standard InChI is InChI=1S/C37H40F2N4OS2.CH2O/c1-6-43(46(44)40-5)31-11-8-10-30(24-31)42-25-35(33-18-17-29(38)23-34(33)39)41-36(42)21-26-13-15-27(16-14-26)28-9-7-12-32(22-28)45-20-19-37(2,3)4;1-2/h7-18,22-25,40H,6,19-21H2,1-5H3;1H2. The quantitative estimate of drug-likeness (QED) is 0.133. The number of carbonyl (C=O) groups excluding carboxylic acids is 1. The van der Waals surface area contributed by atoms with Crippen LogP contribution in [0.5, 0.6) is 0 Å². The van der Waals surface area contributed by atoms with Gasteiger partial charge in [0, 0.05) is 41.4 Å². The number of anilines is 1. The first-order chi connectivity index (χ1) is 23.0. The van der Waals surface area contributed by atoms with Gasteiger partial charge in [-0.3, -0.25) is 4.31 Å². The van der Waals surface area contributed by atoms with Gasteiger partial charge in [0.05, 0.1) is 11.4 Å². The number of carbonyl (C=O) groups is 1. The second-order valence-electron chi connectivity index (χ2n) is 12.3. The largest absolute Gasteiger partial charge is 0.307 e. The number of aromatic nitrogens is 2. The van der Waals surface area contributed by atoms with Crippen LogP contribution in [0.1, 0.15) is 45.5 Å². The number of imidazole rings is 1. The van der Waals surface area contributed by atoms with Gasteiger partial charge in [0.1, 0.15) is 24.2 Å². The Morgan fingerprint density at radius 3 is 2.33 bits per heavy atom. The molecule has 0 aliphatic carbocycles. The molecule has 0 fully saturated rings. The number of rotatable bonds is 12. The minimum absolute atomic E-state index is 0.222. The fraction of sp³-hybridized carbons (Fsp3) is 0.263. The summed E-state index contributed by atoms with van der Waals surface area (Å²) in [5.74, 6) is 0.461. The molecule has 6 nitrogen and oxygen atoms in total. The van der Waals surface area contributed by atoms with Crippen molar-refractivity contribution in [3.63, 3.8) is 0 Å². The van der Waals surface area contributed by atoms with Crippen molar-refractivity contribution in [1.29, 1.82) is 0 Å². The first-order valence-electron chi connectivity index (χ1n) is 15.7. The highest BCUT2D eigenvalue weighted by atomic mass is 32.2. The molecule has 0 saturated heterocycles. The predicted octanol–water partition coefficient (Wildman–Crippen LogP) is 9.04. The molecular formula is C38H42F2N4O2S2. The number of nitrogens with zero attached hydrogens (tertiary/aromatic N) is 3. The molecule has 1 unspecified atom stereocenters. The van der Waals surface area contributed by atoms with E-state index in [9.17, 15) is 13.0 Å². The molecule has 10 heteroatoms. The van der Waals surface area contributed by atoms with Crippen molar-refractivity contribution in [3.05, 3.63) is 120 Å². The van der Waals surface area contributed by atoms with E-state index in [4.69, 9.17) is 9.78 Å². The molecule has 0 aliphatic rings. The predicted molar refractivity (Wildman–Crippen MR) is 196 cm³/mol. The second-order valence-corrected chi connectivity index (χ2v) is 14.8. The third-order valence-corrected chi connectivity index (χ3v) is 9.86. The van der Waals surface area contributed by atoms with Gasteiger partial charge in [0.25, 0.3) is 0 Å². The summed E-state index contributed by atoms with van der Waals surface area (Å²) in [6.07, 6.45) is 3.40. The maximum absolute atomic E-state index is 14.9. The van der Waals surface area contributed by atoms with Gasteiger partial charge in [-0.1, -0.05) is 63.2 Å². The summed E-state index contributed by atoms with van der Waals surface area (Å²) >= 11 is 0.487. The van der Waals surface area contributed by atoms with E-state index in [-0.39, 0.29) is 5.56 Å². The van der Waals surface area contributed by atoms with E-state index in [1.165, 1.54) is 22.6 Å². The Hall–Kier alpha value is -4.12. The van der Waals surface area contributed by atoms with Crippen LogP contribution in [-0.2, 0) is 22.4 Å². The number of halogens is 2. The summed E-state index contributed by atoms with van der Waals surface area (Å²) in [6, 6.07) is 28.3. The fourth-order valence-electron chi connectivity index (χ4n) is 5.14. The van der Waals surface area contributed by atoms with Crippen LogP contribution >= 0.6 is 11.8 Å². The number of hydrogen-bond donors (Lipinski definition) is 1. The van der Waals surface area contributed by atoms with E-state index >= 15 is 0 Å². The van der Waals surface area contributed by atoms with Crippen molar-refractivity contribution in [2.75, 3.05) is 23.7 Å². The average molecular weight is 689 g/mol. The number of nitrogens with one attached hydrogen (secondary N) is 1. The first-order valence-corrected chi connectivity index (χ1v) is 17.8. The SMILES string of the molecule is C=O.CCN(c1cccc(-n2cc(-c3ccc(F)cc3F)nc2Cc2ccc(-c3cccc(SCCC(C)(C)C)c3)cc2)c1)S(=O)NC. The zero-order valence-corrected chi connectivity index (χ0v) is 29.6. The Bertz CT molecular complexity index is 1840. The lowest BCUT2D eigenvalue weighted by Crippen LogP contribution is -2.33. The van der Waals surface area contributed by atoms with Gasteiger partial charge in [-0.05, 0) is 90.7 Å². The smallest absolute Gasteiger partial charge is 0.195 e. The topological polar surface area (TPSA) is 67.2 Å². The molecule has 1 atom stereocenters. The summed E-state index contributed by atoms with van der Waals surface area (Å²) in [6.45, 7) is 11.3. The summed E-state index contributed by atoms with van der Waals surface area (Å²) in [7, 11) is 1.65. The fourth-order valence-corrected chi connectivity index (χ4v) is 7.23. The van der Waals surface area contributed by atoms with E-state index in [0.717, 1.165) is 40.7 Å². The third-order valence-electron chi connectivity index (χ3n) is 7.65. The van der Waals surface area contributed by atoms with Gasteiger partial charge in [0.2, 0.25) is 0 Å². The van der Waals surface area contributed by atoms with Crippen LogP contribution in [0.2, 0.25) is 0 Å². The molecule has 0 amide bonds. The lowest BCUT2D eigenvalue weighted by Gasteiger charge is -2.21. The number of benzene rings is 4. The molecule has 1 heterocycles. The van der Waals surface area contributed by atoms with E-state index in [1.807, 2.05) is 54.3 Å². The summed E-state index contributed by atoms with van der Waals surface area (Å²) < 4.78 is 47.7. The lowest BCUT2D eigenvalue weighted by atomic mass is 9.94. The first kappa shape index (κ1) is 36.7. The molecule has 5 rings (SSSR count). The molecule has 5 aromatic rings. The van der Waals surface area contributed by atoms with Gasteiger partial charge >= 0.3 is 0 Å². The van der Waals surface area contributed by atoms with Gasteiger partial charge in [-0.2, -0.15) is 0 Å². The second kappa shape index (κ2) is 16.8. The van der Waals surface area contributed by atoms with Crippen LogP contribution in [0.3, 0.4) is 0 Å². The Morgan fingerprint density at radius 1 is 0.938 bits per heavy atom. The van der Waals surface area contributed by atoms with Crippen LogP contribution in [-0.4, -0.2) is 39.9 Å². The molecule has 0 saturated carbocycles. The maximum Gasteiger partial charge on any atom is 0.195 e. The molecule has 0 radical (unpaired) electrons. The van der Waals surface area contributed by atoms with Crippen molar-refractivity contribution in [2.45, 2.75) is 45.4 Å². The van der Waals surface area contributed by atoms with Gasteiger partial charge in [-0.15, -0.1) is 11.8 Å². The third kappa shape index (κ3) is 9.49. The van der Waals surface area contributed by atoms with Gasteiger partial charge in [0.15, 0.2) is 11.2 Å². The van der Waals surface area contributed by atoms with Crippen molar-refractivity contribution in [1.82, 2.24) is 14.3 Å². The van der Waals surface area contributed by atoms with Gasteiger partial charge in [-0.25, -0.2) is 22.7 Å².